The molecule has 0 spiro atoms. The molecule has 0 aliphatic heterocycles. The first kappa shape index (κ1) is 12.7. The van der Waals surface area contributed by atoms with Gasteiger partial charge in [0.1, 0.15) is 0 Å². The van der Waals surface area contributed by atoms with E-state index in [0.29, 0.717) is 0 Å². The zero-order chi connectivity index (χ0) is 11.1. The molecule has 78 valence electrons. The Kier molecular flexibility index (Phi) is 5.61. The summed E-state index contributed by atoms with van der Waals surface area (Å²) in [4.78, 5) is 11.2. The van der Waals surface area contributed by atoms with Crippen molar-refractivity contribution in [3.63, 3.8) is 0 Å². The number of hydrogen-bond acceptors (Lipinski definition) is 1. The molecular weight excluding hydrogens is 174 g/mol. The van der Waals surface area contributed by atoms with Gasteiger partial charge in [0.15, 0.2) is 0 Å². The topological polar surface area (TPSA) is 29.1 Å². The van der Waals surface area contributed by atoms with Gasteiger partial charge < -0.3 is 5.32 Å². The summed E-state index contributed by atoms with van der Waals surface area (Å²) < 4.78 is 0. The van der Waals surface area contributed by atoms with Crippen LogP contribution in [0.15, 0.2) is 18.2 Å². The van der Waals surface area contributed by atoms with Crippen molar-refractivity contribution in [3.05, 3.63) is 34.9 Å². The predicted octanol–water partition coefficient (Wildman–Crippen LogP) is 2.69. The fourth-order valence-electron chi connectivity index (χ4n) is 1.20. The van der Waals surface area contributed by atoms with Crippen molar-refractivity contribution in [1.82, 2.24) is 5.32 Å². The molecule has 0 fully saturated rings. The SMILES string of the molecule is CC.CNC(=O)c1ccc(C)cc1C. The number of rotatable bonds is 1. The second-order valence-corrected chi connectivity index (χ2v) is 2.90. The Labute approximate surface area is 86.3 Å². The monoisotopic (exact) mass is 193 g/mol. The van der Waals surface area contributed by atoms with Gasteiger partial charge in [-0.25, -0.2) is 0 Å². The smallest absolute Gasteiger partial charge is 0.251 e. The van der Waals surface area contributed by atoms with Crippen LogP contribution in [0.2, 0.25) is 0 Å². The minimum Gasteiger partial charge on any atom is -0.355 e. The lowest BCUT2D eigenvalue weighted by Crippen LogP contribution is -2.18. The highest BCUT2D eigenvalue weighted by atomic mass is 16.1. The van der Waals surface area contributed by atoms with E-state index in [-0.39, 0.29) is 5.91 Å². The summed E-state index contributed by atoms with van der Waals surface area (Å²) in [7, 11) is 1.64. The second-order valence-electron chi connectivity index (χ2n) is 2.90. The van der Waals surface area contributed by atoms with Crippen LogP contribution in [-0.4, -0.2) is 13.0 Å². The van der Waals surface area contributed by atoms with E-state index in [1.807, 2.05) is 45.9 Å². The highest BCUT2D eigenvalue weighted by molar-refractivity contribution is 5.95. The summed E-state index contributed by atoms with van der Waals surface area (Å²) in [5.74, 6) is -0.0208. The summed E-state index contributed by atoms with van der Waals surface area (Å²) in [6, 6.07) is 5.80. The lowest BCUT2D eigenvalue weighted by Gasteiger charge is -2.04. The molecule has 0 bridgehead atoms. The number of carbonyl (C=O) groups is 1. The van der Waals surface area contributed by atoms with Gasteiger partial charge in [-0.1, -0.05) is 31.5 Å². The zero-order valence-corrected chi connectivity index (χ0v) is 9.64. The Morgan fingerprint density at radius 2 is 1.79 bits per heavy atom. The van der Waals surface area contributed by atoms with E-state index < -0.39 is 0 Å². The molecule has 0 unspecified atom stereocenters. The van der Waals surface area contributed by atoms with Gasteiger partial charge in [-0.2, -0.15) is 0 Å². The van der Waals surface area contributed by atoms with Gasteiger partial charge in [-0.05, 0) is 25.5 Å². The summed E-state index contributed by atoms with van der Waals surface area (Å²) in [5.41, 5.74) is 2.96. The molecular formula is C12H19NO. The van der Waals surface area contributed by atoms with Gasteiger partial charge in [-0.3, -0.25) is 4.79 Å². The minimum absolute atomic E-state index is 0.0208. The minimum atomic E-state index is -0.0208. The van der Waals surface area contributed by atoms with Crippen LogP contribution in [0.5, 0.6) is 0 Å². The van der Waals surface area contributed by atoms with Gasteiger partial charge in [0.2, 0.25) is 0 Å². The third-order valence-corrected chi connectivity index (χ3v) is 1.85. The van der Waals surface area contributed by atoms with Gasteiger partial charge in [-0.15, -0.1) is 0 Å². The number of benzene rings is 1. The fourth-order valence-corrected chi connectivity index (χ4v) is 1.20. The van der Waals surface area contributed by atoms with Crippen LogP contribution >= 0.6 is 0 Å². The van der Waals surface area contributed by atoms with Crippen LogP contribution in [-0.2, 0) is 0 Å². The number of aryl methyl sites for hydroxylation is 2. The van der Waals surface area contributed by atoms with Crippen molar-refractivity contribution < 1.29 is 4.79 Å². The Balaban J connectivity index is 0.000000791. The zero-order valence-electron chi connectivity index (χ0n) is 9.64. The Morgan fingerprint density at radius 3 is 2.21 bits per heavy atom. The molecule has 2 nitrogen and oxygen atoms in total. The van der Waals surface area contributed by atoms with Crippen LogP contribution in [0.1, 0.15) is 35.3 Å². The van der Waals surface area contributed by atoms with E-state index in [1.54, 1.807) is 7.05 Å². The van der Waals surface area contributed by atoms with E-state index in [1.165, 1.54) is 5.56 Å². The number of nitrogens with one attached hydrogen (secondary N) is 1. The number of hydrogen-bond donors (Lipinski definition) is 1. The maximum absolute atomic E-state index is 11.2. The summed E-state index contributed by atoms with van der Waals surface area (Å²) in [6.45, 7) is 7.96. The first-order chi connectivity index (χ1) is 6.65. The Bertz CT molecular complexity index is 305. The van der Waals surface area contributed by atoms with Gasteiger partial charge in [0.05, 0.1) is 0 Å². The summed E-state index contributed by atoms with van der Waals surface area (Å²) in [5, 5.41) is 2.60. The maximum atomic E-state index is 11.2. The van der Waals surface area contributed by atoms with Crippen LogP contribution in [0.25, 0.3) is 0 Å². The molecule has 0 aromatic heterocycles. The molecule has 1 N–H and O–H groups in total. The van der Waals surface area contributed by atoms with Crippen molar-refractivity contribution in [2.24, 2.45) is 0 Å². The molecule has 1 amide bonds. The van der Waals surface area contributed by atoms with Crippen LogP contribution in [0.4, 0.5) is 0 Å². The molecule has 1 rings (SSSR count). The molecule has 14 heavy (non-hydrogen) atoms. The van der Waals surface area contributed by atoms with Gasteiger partial charge >= 0.3 is 0 Å². The molecule has 0 atom stereocenters. The normalized spacial score (nSPS) is 8.64. The van der Waals surface area contributed by atoms with Crippen molar-refractivity contribution in [2.45, 2.75) is 27.7 Å². The first-order valence-corrected chi connectivity index (χ1v) is 4.94. The van der Waals surface area contributed by atoms with E-state index in [4.69, 9.17) is 0 Å². The molecule has 0 saturated heterocycles. The lowest BCUT2D eigenvalue weighted by molar-refractivity contribution is 0.0962. The third kappa shape index (κ3) is 3.21. The molecule has 0 aliphatic carbocycles. The Hall–Kier alpha value is -1.31. The van der Waals surface area contributed by atoms with Crippen molar-refractivity contribution in [1.29, 1.82) is 0 Å². The second kappa shape index (κ2) is 6.19. The van der Waals surface area contributed by atoms with Crippen LogP contribution < -0.4 is 5.32 Å². The molecule has 0 heterocycles. The highest BCUT2D eigenvalue weighted by Gasteiger charge is 2.05. The molecule has 1 aromatic carbocycles. The van der Waals surface area contributed by atoms with Crippen LogP contribution in [0, 0.1) is 13.8 Å². The van der Waals surface area contributed by atoms with Gasteiger partial charge in [0.25, 0.3) is 5.91 Å². The van der Waals surface area contributed by atoms with E-state index in [0.717, 1.165) is 11.1 Å². The van der Waals surface area contributed by atoms with E-state index in [9.17, 15) is 4.79 Å². The standard InChI is InChI=1S/C10H13NO.C2H6/c1-7-4-5-9(8(2)6-7)10(12)11-3;1-2/h4-6H,1-3H3,(H,11,12);1-2H3. The molecule has 0 radical (unpaired) electrons. The maximum Gasteiger partial charge on any atom is 0.251 e. The van der Waals surface area contributed by atoms with E-state index in [2.05, 4.69) is 5.32 Å². The van der Waals surface area contributed by atoms with Crippen molar-refractivity contribution in [2.75, 3.05) is 7.05 Å². The molecule has 1 aromatic rings. The average molecular weight is 193 g/mol. The Morgan fingerprint density at radius 1 is 1.21 bits per heavy atom. The predicted molar refractivity (Wildman–Crippen MR) is 60.7 cm³/mol. The molecule has 2 heteroatoms. The van der Waals surface area contributed by atoms with Crippen molar-refractivity contribution >= 4 is 5.91 Å². The van der Waals surface area contributed by atoms with Crippen molar-refractivity contribution in [3.8, 4) is 0 Å². The van der Waals surface area contributed by atoms with Crippen LogP contribution in [0.3, 0.4) is 0 Å². The van der Waals surface area contributed by atoms with Gasteiger partial charge in [0, 0.05) is 12.6 Å². The molecule has 0 saturated carbocycles. The number of amides is 1. The summed E-state index contributed by atoms with van der Waals surface area (Å²) in [6.07, 6.45) is 0. The largest absolute Gasteiger partial charge is 0.355 e. The highest BCUT2D eigenvalue weighted by Crippen LogP contribution is 2.09. The lowest BCUT2D eigenvalue weighted by atomic mass is 10.1. The first-order valence-electron chi connectivity index (χ1n) is 4.94. The fraction of sp³-hybridized carbons (Fsp3) is 0.417. The third-order valence-electron chi connectivity index (χ3n) is 1.85. The average Bonchev–Trinajstić information content (AvgIpc) is 2.20. The summed E-state index contributed by atoms with van der Waals surface area (Å²) >= 11 is 0. The van der Waals surface area contributed by atoms with E-state index >= 15 is 0 Å². The molecule has 0 aliphatic rings. The quantitative estimate of drug-likeness (QED) is 0.730. The number of carbonyl (C=O) groups excluding carboxylic acids is 1.